The number of nitrogens with zero attached hydrogens (tertiary/aromatic N) is 1. The molecule has 1 heterocycles. The molecule has 7 nitrogen and oxygen atoms in total. The van der Waals surface area contributed by atoms with Crippen LogP contribution < -0.4 is 20.7 Å². The summed E-state index contributed by atoms with van der Waals surface area (Å²) in [7, 11) is 0. The number of hydrogen-bond acceptors (Lipinski definition) is 4. The summed E-state index contributed by atoms with van der Waals surface area (Å²) in [6, 6.07) is 4.62. The number of benzene rings is 1. The molecule has 11 heteroatoms. The summed E-state index contributed by atoms with van der Waals surface area (Å²) in [6.07, 6.45) is -0.342. The van der Waals surface area contributed by atoms with Crippen LogP contribution in [-0.2, 0) is 11.0 Å². The lowest BCUT2D eigenvalue weighted by molar-refractivity contribution is -0.141. The van der Waals surface area contributed by atoms with Crippen molar-refractivity contribution in [2.75, 3.05) is 17.2 Å². The topological polar surface area (TPSA) is 92.4 Å². The highest BCUT2D eigenvalue weighted by molar-refractivity contribution is 5.99. The molecule has 0 saturated heterocycles. The molecule has 32 heavy (non-hydrogen) atoms. The number of rotatable bonds is 6. The largest absolute Gasteiger partial charge is 0.491 e. The number of carbonyl (C=O) groups excluding carboxylic acids is 2. The average Bonchev–Trinajstić information content (AvgIpc) is 3.13. The Labute approximate surface area is 181 Å². The van der Waals surface area contributed by atoms with Gasteiger partial charge in [-0.3, -0.25) is 4.79 Å². The first-order valence-corrected chi connectivity index (χ1v) is 9.88. The minimum absolute atomic E-state index is 0.0295. The predicted octanol–water partition coefficient (Wildman–Crippen LogP) is 4.71. The van der Waals surface area contributed by atoms with E-state index in [2.05, 4.69) is 20.9 Å². The highest BCUT2D eigenvalue weighted by Crippen LogP contribution is 2.31. The molecule has 0 spiro atoms. The molecule has 1 aromatic heterocycles. The van der Waals surface area contributed by atoms with Crippen molar-refractivity contribution in [1.82, 2.24) is 10.3 Å². The Hall–Kier alpha value is -3.37. The van der Waals surface area contributed by atoms with Crippen LogP contribution in [-0.4, -0.2) is 29.1 Å². The summed E-state index contributed by atoms with van der Waals surface area (Å²) in [5.74, 6) is -0.673. The van der Waals surface area contributed by atoms with Crippen LogP contribution >= 0.6 is 0 Å². The van der Waals surface area contributed by atoms with Gasteiger partial charge in [-0.2, -0.15) is 13.2 Å². The van der Waals surface area contributed by atoms with Gasteiger partial charge in [-0.25, -0.2) is 14.2 Å². The van der Waals surface area contributed by atoms with Crippen LogP contribution in [0, 0.1) is 5.82 Å². The van der Waals surface area contributed by atoms with E-state index in [0.29, 0.717) is 0 Å². The van der Waals surface area contributed by atoms with E-state index in [4.69, 9.17) is 4.74 Å². The fourth-order valence-electron chi connectivity index (χ4n) is 3.60. The minimum atomic E-state index is -4.59. The minimum Gasteiger partial charge on any atom is -0.491 e. The number of carbonyl (C=O) groups is 2. The number of aromatic nitrogens is 1. The molecule has 3 N–H and O–H groups in total. The second-order valence-corrected chi connectivity index (χ2v) is 7.64. The predicted molar refractivity (Wildman–Crippen MR) is 109 cm³/mol. The summed E-state index contributed by atoms with van der Waals surface area (Å²) < 4.78 is 57.4. The van der Waals surface area contributed by atoms with Crippen molar-refractivity contribution in [2.45, 2.75) is 44.3 Å². The zero-order chi connectivity index (χ0) is 23.4. The van der Waals surface area contributed by atoms with Gasteiger partial charge in [0.2, 0.25) is 5.91 Å². The third-order valence-electron chi connectivity index (χ3n) is 4.96. The molecule has 2 aromatic rings. The van der Waals surface area contributed by atoms with Gasteiger partial charge in [0.1, 0.15) is 23.9 Å². The van der Waals surface area contributed by atoms with Crippen molar-refractivity contribution >= 4 is 23.3 Å². The van der Waals surface area contributed by atoms with Crippen molar-refractivity contribution in [3.8, 4) is 5.75 Å². The fourth-order valence-corrected chi connectivity index (χ4v) is 3.60. The van der Waals surface area contributed by atoms with Gasteiger partial charge in [0.15, 0.2) is 0 Å². The molecule has 172 valence electrons. The monoisotopic (exact) mass is 454 g/mol. The second-order valence-electron chi connectivity index (χ2n) is 7.64. The maximum atomic E-state index is 14.0. The first kappa shape index (κ1) is 23.3. The number of urea groups is 1. The van der Waals surface area contributed by atoms with E-state index in [1.165, 1.54) is 13.0 Å². The quantitative estimate of drug-likeness (QED) is 0.551. The van der Waals surface area contributed by atoms with Gasteiger partial charge in [0.05, 0.1) is 17.4 Å². The van der Waals surface area contributed by atoms with E-state index >= 15 is 0 Å². The Morgan fingerprint density at radius 1 is 1.09 bits per heavy atom. The SMILES string of the molecule is CC(=O)NC1(COc2cc(F)cc(NC(=O)Nc3ccc(C(F)(F)F)nc3)c2)CCCC1. The Morgan fingerprint density at radius 3 is 2.38 bits per heavy atom. The van der Waals surface area contributed by atoms with Crippen molar-refractivity contribution in [1.29, 1.82) is 0 Å². The first-order chi connectivity index (χ1) is 15.0. The standard InChI is InChI=1S/C21H22F4N4O3/c1-13(30)29-20(6-2-3-7-20)12-32-17-9-14(22)8-16(10-17)28-19(31)27-15-4-5-18(26-11-15)21(23,24)25/h4-5,8-11H,2-3,6-7,12H2,1H3,(H,29,30)(H2,27,28,31). The molecule has 3 rings (SSSR count). The number of nitrogens with one attached hydrogen (secondary N) is 3. The highest BCUT2D eigenvalue weighted by Gasteiger charge is 2.35. The summed E-state index contributed by atoms with van der Waals surface area (Å²) in [6.45, 7) is 1.58. The van der Waals surface area contributed by atoms with Crippen molar-refractivity contribution in [3.05, 3.63) is 48.0 Å². The molecule has 0 radical (unpaired) electrons. The number of anilines is 2. The first-order valence-electron chi connectivity index (χ1n) is 9.88. The van der Waals surface area contributed by atoms with Gasteiger partial charge < -0.3 is 20.7 Å². The Morgan fingerprint density at radius 2 is 1.78 bits per heavy atom. The van der Waals surface area contributed by atoms with Gasteiger partial charge >= 0.3 is 12.2 Å². The summed E-state index contributed by atoms with van der Waals surface area (Å²) in [5.41, 5.74) is -1.49. The molecule has 3 amide bonds. The van der Waals surface area contributed by atoms with Crippen molar-refractivity contribution in [3.63, 3.8) is 0 Å². The summed E-state index contributed by atoms with van der Waals surface area (Å²) in [4.78, 5) is 26.9. The fraction of sp³-hybridized carbons (Fsp3) is 0.381. The van der Waals surface area contributed by atoms with Crippen LogP contribution in [0.2, 0.25) is 0 Å². The number of ether oxygens (including phenoxy) is 1. The summed E-state index contributed by atoms with van der Waals surface area (Å²) in [5, 5.41) is 7.63. The van der Waals surface area contributed by atoms with Crippen LogP contribution in [0.15, 0.2) is 36.5 Å². The van der Waals surface area contributed by atoms with E-state index in [0.717, 1.165) is 56.1 Å². The molecule has 0 bridgehead atoms. The smallest absolute Gasteiger partial charge is 0.433 e. The van der Waals surface area contributed by atoms with Gasteiger partial charge in [-0.05, 0) is 31.0 Å². The van der Waals surface area contributed by atoms with Gasteiger partial charge in [0, 0.05) is 24.7 Å². The van der Waals surface area contributed by atoms with E-state index in [9.17, 15) is 27.2 Å². The molecule has 1 aromatic carbocycles. The molecule has 1 fully saturated rings. The van der Waals surface area contributed by atoms with E-state index < -0.39 is 29.3 Å². The normalized spacial score (nSPS) is 15.2. The van der Waals surface area contributed by atoms with Gasteiger partial charge in [-0.15, -0.1) is 0 Å². The molecule has 1 saturated carbocycles. The van der Waals surface area contributed by atoms with Crippen LogP contribution in [0.5, 0.6) is 5.75 Å². The number of halogens is 4. The molecule has 0 unspecified atom stereocenters. The number of alkyl halides is 3. The van der Waals surface area contributed by atoms with Crippen LogP contribution in [0.3, 0.4) is 0 Å². The molecular formula is C21H22F4N4O3. The third kappa shape index (κ3) is 6.32. The number of hydrogen-bond donors (Lipinski definition) is 3. The Bertz CT molecular complexity index is 974. The average molecular weight is 454 g/mol. The lowest BCUT2D eigenvalue weighted by Gasteiger charge is -2.29. The maximum Gasteiger partial charge on any atom is 0.433 e. The van der Waals surface area contributed by atoms with Gasteiger partial charge in [0.25, 0.3) is 0 Å². The zero-order valence-corrected chi connectivity index (χ0v) is 17.2. The molecule has 0 atom stereocenters. The maximum absolute atomic E-state index is 14.0. The summed E-state index contributed by atoms with van der Waals surface area (Å²) >= 11 is 0. The molecular weight excluding hydrogens is 432 g/mol. The number of amides is 3. The van der Waals surface area contributed by atoms with Gasteiger partial charge in [-0.1, -0.05) is 12.8 Å². The lowest BCUT2D eigenvalue weighted by Crippen LogP contribution is -2.49. The highest BCUT2D eigenvalue weighted by atomic mass is 19.4. The second kappa shape index (κ2) is 9.41. The molecule has 1 aliphatic rings. The van der Waals surface area contributed by atoms with E-state index in [1.807, 2.05) is 0 Å². The Balaban J connectivity index is 1.62. The third-order valence-corrected chi connectivity index (χ3v) is 4.96. The number of pyridine rings is 1. The van der Waals surface area contributed by atoms with Crippen LogP contribution in [0.25, 0.3) is 0 Å². The molecule has 1 aliphatic carbocycles. The van der Waals surface area contributed by atoms with Crippen molar-refractivity contribution in [2.24, 2.45) is 0 Å². The molecule has 0 aliphatic heterocycles. The Kier molecular flexibility index (Phi) is 6.85. The van der Waals surface area contributed by atoms with E-state index in [-0.39, 0.29) is 29.6 Å². The van der Waals surface area contributed by atoms with Crippen LogP contribution in [0.1, 0.15) is 38.3 Å². The van der Waals surface area contributed by atoms with Crippen molar-refractivity contribution < 1.29 is 31.9 Å². The van der Waals surface area contributed by atoms with Crippen LogP contribution in [0.4, 0.5) is 33.7 Å². The lowest BCUT2D eigenvalue weighted by atomic mass is 9.99. The zero-order valence-electron chi connectivity index (χ0n) is 17.2. The van der Waals surface area contributed by atoms with E-state index in [1.54, 1.807) is 0 Å².